The van der Waals surface area contributed by atoms with Crippen LogP contribution >= 0.6 is 0 Å². The molecule has 1 saturated heterocycles. The number of aromatic nitrogens is 2. The summed E-state index contributed by atoms with van der Waals surface area (Å²) in [4.78, 5) is 30.8. The summed E-state index contributed by atoms with van der Waals surface area (Å²) in [6.45, 7) is 0.317. The van der Waals surface area contributed by atoms with Gasteiger partial charge in [0.25, 0.3) is 0 Å². The smallest absolute Gasteiger partial charge is 0.229 e. The van der Waals surface area contributed by atoms with Crippen molar-refractivity contribution in [3.8, 4) is 0 Å². The van der Waals surface area contributed by atoms with Gasteiger partial charge in [-0.2, -0.15) is 0 Å². The second-order valence-corrected chi connectivity index (χ2v) is 3.30. The van der Waals surface area contributed by atoms with Gasteiger partial charge in [-0.15, -0.1) is 0 Å². The Morgan fingerprint density at radius 2 is 2.07 bits per heavy atom. The van der Waals surface area contributed by atoms with E-state index in [-0.39, 0.29) is 11.8 Å². The summed E-state index contributed by atoms with van der Waals surface area (Å²) in [6, 6.07) is 0. The molecule has 1 aliphatic rings. The summed E-state index contributed by atoms with van der Waals surface area (Å²) in [5, 5.41) is 0. The van der Waals surface area contributed by atoms with E-state index in [1.807, 2.05) is 0 Å². The van der Waals surface area contributed by atoms with Gasteiger partial charge in [0, 0.05) is 19.0 Å². The highest BCUT2D eigenvalue weighted by Crippen LogP contribution is 2.14. The minimum atomic E-state index is -0.0872. The summed E-state index contributed by atoms with van der Waals surface area (Å²) in [7, 11) is 0. The summed E-state index contributed by atoms with van der Waals surface area (Å²) < 4.78 is 0. The SMILES string of the molecule is O=C1CCCC(=O)N1Cc1cnc[nH]1. The van der Waals surface area contributed by atoms with Crippen molar-refractivity contribution in [2.45, 2.75) is 25.8 Å². The lowest BCUT2D eigenvalue weighted by Crippen LogP contribution is -2.39. The molecule has 2 rings (SSSR count). The molecular formula is C9H11N3O2. The zero-order chi connectivity index (χ0) is 9.97. The fraction of sp³-hybridized carbons (Fsp3) is 0.444. The molecule has 0 spiro atoms. The first-order valence-electron chi connectivity index (χ1n) is 4.58. The first-order chi connectivity index (χ1) is 6.77. The number of imidazole rings is 1. The minimum Gasteiger partial charge on any atom is -0.347 e. The standard InChI is InChI=1S/C9H11N3O2/c13-8-2-1-3-9(14)12(8)5-7-4-10-6-11-7/h4,6H,1-3,5H2,(H,10,11). The second kappa shape index (κ2) is 3.61. The molecule has 1 fully saturated rings. The number of carbonyl (C=O) groups excluding carboxylic acids is 2. The van der Waals surface area contributed by atoms with Crippen molar-refractivity contribution >= 4 is 11.8 Å². The third kappa shape index (κ3) is 1.66. The number of piperidine rings is 1. The molecule has 0 unspecified atom stereocenters. The molecule has 1 aromatic heterocycles. The van der Waals surface area contributed by atoms with Crippen molar-refractivity contribution in [2.24, 2.45) is 0 Å². The van der Waals surface area contributed by atoms with E-state index >= 15 is 0 Å². The number of H-pyrrole nitrogens is 1. The lowest BCUT2D eigenvalue weighted by atomic mass is 10.1. The Balaban J connectivity index is 2.08. The number of nitrogens with one attached hydrogen (secondary N) is 1. The zero-order valence-electron chi connectivity index (χ0n) is 7.69. The van der Waals surface area contributed by atoms with Crippen molar-refractivity contribution in [1.29, 1.82) is 0 Å². The van der Waals surface area contributed by atoms with Gasteiger partial charge in [0.15, 0.2) is 0 Å². The Morgan fingerprint density at radius 3 is 2.64 bits per heavy atom. The van der Waals surface area contributed by atoms with Crippen LogP contribution in [0.5, 0.6) is 0 Å². The van der Waals surface area contributed by atoms with Crippen LogP contribution in [0.4, 0.5) is 0 Å². The maximum Gasteiger partial charge on any atom is 0.229 e. The van der Waals surface area contributed by atoms with Gasteiger partial charge in [-0.1, -0.05) is 0 Å². The number of hydrogen-bond donors (Lipinski definition) is 1. The molecular weight excluding hydrogens is 182 g/mol. The summed E-state index contributed by atoms with van der Waals surface area (Å²) in [6.07, 6.45) is 4.78. The summed E-state index contributed by atoms with van der Waals surface area (Å²) >= 11 is 0. The molecule has 0 atom stereocenters. The molecule has 2 amide bonds. The zero-order valence-corrected chi connectivity index (χ0v) is 7.69. The lowest BCUT2D eigenvalue weighted by Gasteiger charge is -2.23. The molecule has 0 aliphatic carbocycles. The Morgan fingerprint density at radius 1 is 1.36 bits per heavy atom. The number of rotatable bonds is 2. The third-order valence-electron chi connectivity index (χ3n) is 2.27. The van der Waals surface area contributed by atoms with Crippen molar-refractivity contribution in [3.05, 3.63) is 18.2 Å². The quantitative estimate of drug-likeness (QED) is 0.693. The number of hydrogen-bond acceptors (Lipinski definition) is 3. The molecule has 1 aromatic rings. The van der Waals surface area contributed by atoms with Crippen molar-refractivity contribution in [3.63, 3.8) is 0 Å². The van der Waals surface area contributed by atoms with E-state index in [4.69, 9.17) is 0 Å². The number of amides is 2. The maximum atomic E-state index is 11.4. The van der Waals surface area contributed by atoms with Crippen LogP contribution in [0, 0.1) is 0 Å². The van der Waals surface area contributed by atoms with E-state index in [2.05, 4.69) is 9.97 Å². The van der Waals surface area contributed by atoms with Crippen LogP contribution in [-0.2, 0) is 16.1 Å². The van der Waals surface area contributed by atoms with Crippen LogP contribution in [0.3, 0.4) is 0 Å². The summed E-state index contributed by atoms with van der Waals surface area (Å²) in [5.41, 5.74) is 0.786. The number of nitrogens with zero attached hydrogens (tertiary/aromatic N) is 2. The molecule has 0 bridgehead atoms. The predicted octanol–water partition coefficient (Wildman–Crippen LogP) is 0.449. The van der Waals surface area contributed by atoms with Crippen LogP contribution in [-0.4, -0.2) is 26.7 Å². The highest BCUT2D eigenvalue weighted by molar-refractivity contribution is 5.97. The van der Waals surface area contributed by atoms with E-state index in [0.717, 1.165) is 5.69 Å². The van der Waals surface area contributed by atoms with Gasteiger partial charge in [0.05, 0.1) is 18.6 Å². The fourth-order valence-electron chi connectivity index (χ4n) is 1.52. The Kier molecular flexibility index (Phi) is 2.30. The van der Waals surface area contributed by atoms with Crippen LogP contribution < -0.4 is 0 Å². The first-order valence-corrected chi connectivity index (χ1v) is 4.58. The van der Waals surface area contributed by atoms with Crippen molar-refractivity contribution < 1.29 is 9.59 Å². The van der Waals surface area contributed by atoms with Crippen LogP contribution in [0.2, 0.25) is 0 Å². The molecule has 2 heterocycles. The molecule has 14 heavy (non-hydrogen) atoms. The number of aromatic amines is 1. The summed E-state index contributed by atoms with van der Waals surface area (Å²) in [5.74, 6) is -0.174. The maximum absolute atomic E-state index is 11.4. The van der Waals surface area contributed by atoms with Crippen LogP contribution in [0.15, 0.2) is 12.5 Å². The Labute approximate surface area is 81.1 Å². The Hall–Kier alpha value is -1.65. The Bertz CT molecular complexity index is 329. The molecule has 5 nitrogen and oxygen atoms in total. The van der Waals surface area contributed by atoms with E-state index < -0.39 is 0 Å². The van der Waals surface area contributed by atoms with E-state index in [1.165, 1.54) is 11.2 Å². The molecule has 0 saturated carbocycles. The van der Waals surface area contributed by atoms with Crippen molar-refractivity contribution in [1.82, 2.24) is 14.9 Å². The largest absolute Gasteiger partial charge is 0.347 e. The van der Waals surface area contributed by atoms with Crippen molar-refractivity contribution in [2.75, 3.05) is 0 Å². The molecule has 1 N–H and O–H groups in total. The fourth-order valence-corrected chi connectivity index (χ4v) is 1.52. The average Bonchev–Trinajstić information content (AvgIpc) is 2.64. The highest BCUT2D eigenvalue weighted by Gasteiger charge is 2.25. The normalized spacial score (nSPS) is 17.6. The van der Waals surface area contributed by atoms with Gasteiger partial charge in [0.2, 0.25) is 11.8 Å². The molecule has 0 aromatic carbocycles. The van der Waals surface area contributed by atoms with E-state index in [9.17, 15) is 9.59 Å². The molecule has 74 valence electrons. The molecule has 5 heteroatoms. The molecule has 0 radical (unpaired) electrons. The highest BCUT2D eigenvalue weighted by atomic mass is 16.2. The van der Waals surface area contributed by atoms with Crippen LogP contribution in [0.25, 0.3) is 0 Å². The molecule has 1 aliphatic heterocycles. The van der Waals surface area contributed by atoms with Gasteiger partial charge in [-0.3, -0.25) is 14.5 Å². The van der Waals surface area contributed by atoms with Gasteiger partial charge < -0.3 is 4.98 Å². The monoisotopic (exact) mass is 193 g/mol. The number of imide groups is 1. The topological polar surface area (TPSA) is 66.1 Å². The van der Waals surface area contributed by atoms with E-state index in [1.54, 1.807) is 6.20 Å². The minimum absolute atomic E-state index is 0.0872. The predicted molar refractivity (Wildman–Crippen MR) is 48.0 cm³/mol. The van der Waals surface area contributed by atoms with Crippen LogP contribution in [0.1, 0.15) is 25.0 Å². The van der Waals surface area contributed by atoms with Gasteiger partial charge in [-0.05, 0) is 6.42 Å². The first kappa shape index (κ1) is 8.93. The third-order valence-corrected chi connectivity index (χ3v) is 2.27. The second-order valence-electron chi connectivity index (χ2n) is 3.30. The van der Waals surface area contributed by atoms with E-state index in [0.29, 0.717) is 25.8 Å². The van der Waals surface area contributed by atoms with Gasteiger partial charge in [-0.25, -0.2) is 4.98 Å². The average molecular weight is 193 g/mol. The number of likely N-dealkylation sites (tertiary alicyclic amines) is 1. The van der Waals surface area contributed by atoms with Gasteiger partial charge in [0.1, 0.15) is 0 Å². The number of carbonyl (C=O) groups is 2. The lowest BCUT2D eigenvalue weighted by molar-refractivity contribution is -0.148. The van der Waals surface area contributed by atoms with Gasteiger partial charge >= 0.3 is 0 Å².